The Kier molecular flexibility index (Phi) is 8.51. The third kappa shape index (κ3) is 7.90. The van der Waals surface area contributed by atoms with E-state index in [1.807, 2.05) is 30.3 Å². The number of ketones is 1. The van der Waals surface area contributed by atoms with Gasteiger partial charge in [-0.15, -0.1) is 0 Å². The minimum absolute atomic E-state index is 0.0939. The molecule has 0 unspecified atom stereocenters. The highest BCUT2D eigenvalue weighted by molar-refractivity contribution is 5.98. The third-order valence-electron chi connectivity index (χ3n) is 4.59. The smallest absolute Gasteiger partial charge is 0.306 e. The first-order chi connectivity index (χ1) is 16.4. The summed E-state index contributed by atoms with van der Waals surface area (Å²) in [6.45, 7) is 0.933. The van der Waals surface area contributed by atoms with Crippen LogP contribution in [0.2, 0.25) is 0 Å². The summed E-state index contributed by atoms with van der Waals surface area (Å²) in [4.78, 5) is 47.3. The van der Waals surface area contributed by atoms with Gasteiger partial charge in [-0.25, -0.2) is 0 Å². The number of esters is 1. The molecule has 34 heavy (non-hydrogen) atoms. The van der Waals surface area contributed by atoms with Crippen LogP contribution in [0.25, 0.3) is 0 Å². The van der Waals surface area contributed by atoms with Gasteiger partial charge in [0.1, 0.15) is 11.5 Å². The van der Waals surface area contributed by atoms with E-state index in [0.29, 0.717) is 28.4 Å². The lowest BCUT2D eigenvalue weighted by Gasteiger charge is -2.09. The summed E-state index contributed by atoms with van der Waals surface area (Å²) < 4.78 is 10.6. The van der Waals surface area contributed by atoms with Crippen molar-refractivity contribution in [3.8, 4) is 11.5 Å². The van der Waals surface area contributed by atoms with Crippen LogP contribution in [0, 0.1) is 0 Å². The van der Waals surface area contributed by atoms with Gasteiger partial charge in [0.15, 0.2) is 12.4 Å². The van der Waals surface area contributed by atoms with E-state index in [4.69, 9.17) is 9.47 Å². The molecule has 0 aliphatic heterocycles. The zero-order valence-corrected chi connectivity index (χ0v) is 18.6. The second kappa shape index (κ2) is 12.0. The van der Waals surface area contributed by atoms with Crippen LogP contribution in [0.4, 0.5) is 11.4 Å². The maximum atomic E-state index is 12.1. The number of Topliss-reactive ketones (excluding diaryl/α,β-unsaturated/α-hetero) is 1. The molecule has 0 radical (unpaired) electrons. The summed E-state index contributed by atoms with van der Waals surface area (Å²) in [5.74, 6) is -0.378. The van der Waals surface area contributed by atoms with E-state index in [2.05, 4.69) is 10.6 Å². The van der Waals surface area contributed by atoms with Gasteiger partial charge in [0.25, 0.3) is 5.91 Å². The first-order valence-corrected chi connectivity index (χ1v) is 10.6. The Morgan fingerprint density at radius 2 is 1.38 bits per heavy atom. The molecule has 8 heteroatoms. The van der Waals surface area contributed by atoms with E-state index in [1.165, 1.54) is 13.0 Å². The summed E-state index contributed by atoms with van der Waals surface area (Å²) in [5, 5.41) is 5.24. The Morgan fingerprint density at radius 1 is 0.706 bits per heavy atom. The van der Waals surface area contributed by atoms with Gasteiger partial charge in [-0.3, -0.25) is 19.2 Å². The number of benzene rings is 3. The summed E-state index contributed by atoms with van der Waals surface area (Å²) in [7, 11) is 0. The number of anilines is 2. The van der Waals surface area contributed by atoms with Crippen LogP contribution in [0.15, 0.2) is 78.9 Å². The van der Waals surface area contributed by atoms with Crippen LogP contribution in [-0.4, -0.2) is 30.2 Å². The molecule has 0 aromatic heterocycles. The molecule has 0 spiro atoms. The predicted molar refractivity (Wildman–Crippen MR) is 127 cm³/mol. The summed E-state index contributed by atoms with van der Waals surface area (Å²) in [6.07, 6.45) is -0.266. The molecule has 0 saturated carbocycles. The van der Waals surface area contributed by atoms with Crippen molar-refractivity contribution in [3.05, 3.63) is 84.4 Å². The van der Waals surface area contributed by atoms with Crippen molar-refractivity contribution in [2.75, 3.05) is 17.2 Å². The molecule has 2 amide bonds. The summed E-state index contributed by atoms with van der Waals surface area (Å²) in [5.41, 5.74) is 1.44. The number of rotatable bonds is 10. The van der Waals surface area contributed by atoms with Gasteiger partial charge in [0, 0.05) is 23.4 Å². The lowest BCUT2D eigenvalue weighted by molar-refractivity contribution is -0.147. The fraction of sp³-hybridized carbons (Fsp3) is 0.154. The highest BCUT2D eigenvalue weighted by atomic mass is 16.5. The van der Waals surface area contributed by atoms with Gasteiger partial charge >= 0.3 is 5.97 Å². The number of para-hydroxylation sites is 1. The van der Waals surface area contributed by atoms with Gasteiger partial charge < -0.3 is 20.1 Å². The number of carbonyl (C=O) groups is 4. The van der Waals surface area contributed by atoms with Crippen molar-refractivity contribution >= 4 is 34.9 Å². The number of nitrogens with one attached hydrogen (secondary N) is 2. The molecule has 3 aromatic carbocycles. The summed E-state index contributed by atoms with van der Waals surface area (Å²) in [6, 6.07) is 22.6. The normalized spacial score (nSPS) is 10.1. The molecule has 0 bridgehead atoms. The molecule has 0 aliphatic rings. The van der Waals surface area contributed by atoms with Crippen molar-refractivity contribution in [3.63, 3.8) is 0 Å². The predicted octanol–water partition coefficient (Wildman–Crippen LogP) is 4.58. The highest BCUT2D eigenvalue weighted by Gasteiger charge is 2.12. The van der Waals surface area contributed by atoms with Gasteiger partial charge in [-0.1, -0.05) is 30.3 Å². The molecule has 0 heterocycles. The van der Waals surface area contributed by atoms with Crippen LogP contribution in [0.5, 0.6) is 11.5 Å². The number of hydrogen-bond acceptors (Lipinski definition) is 6. The topological polar surface area (TPSA) is 111 Å². The van der Waals surface area contributed by atoms with Crippen molar-refractivity contribution in [2.24, 2.45) is 0 Å². The minimum Gasteiger partial charge on any atom is -0.457 e. The van der Waals surface area contributed by atoms with Crippen molar-refractivity contribution in [1.82, 2.24) is 0 Å². The Morgan fingerprint density at radius 3 is 2.09 bits per heavy atom. The second-order valence-corrected chi connectivity index (χ2v) is 7.33. The number of carbonyl (C=O) groups excluding carboxylic acids is 4. The average Bonchev–Trinajstić information content (AvgIpc) is 2.83. The molecule has 2 N–H and O–H groups in total. The molecule has 8 nitrogen and oxygen atoms in total. The molecule has 0 fully saturated rings. The van der Waals surface area contributed by atoms with Gasteiger partial charge in [0.05, 0.1) is 6.42 Å². The quantitative estimate of drug-likeness (QED) is 0.338. The minimum atomic E-state index is -0.672. The van der Waals surface area contributed by atoms with E-state index in [0.717, 1.165) is 0 Å². The largest absolute Gasteiger partial charge is 0.457 e. The SMILES string of the molecule is CC(=O)c1cccc(NC(=O)COC(=O)CCC(=O)Nc2ccc(Oc3ccccc3)cc2)c1. The van der Waals surface area contributed by atoms with Crippen LogP contribution in [0.1, 0.15) is 30.1 Å². The Balaban J connectivity index is 1.36. The first kappa shape index (κ1) is 24.2. The van der Waals surface area contributed by atoms with Crippen LogP contribution < -0.4 is 15.4 Å². The highest BCUT2D eigenvalue weighted by Crippen LogP contribution is 2.22. The fourth-order valence-corrected chi connectivity index (χ4v) is 2.90. The second-order valence-electron chi connectivity index (χ2n) is 7.33. The van der Waals surface area contributed by atoms with Crippen molar-refractivity contribution in [2.45, 2.75) is 19.8 Å². The van der Waals surface area contributed by atoms with Gasteiger partial charge in [-0.2, -0.15) is 0 Å². The van der Waals surface area contributed by atoms with Gasteiger partial charge in [-0.05, 0) is 55.5 Å². The zero-order valence-electron chi connectivity index (χ0n) is 18.6. The van der Waals surface area contributed by atoms with Crippen LogP contribution in [0.3, 0.4) is 0 Å². The standard InChI is InChI=1S/C26H24N2O6/c1-18(29)19-6-5-7-21(16-19)28-25(31)17-33-26(32)15-14-24(30)27-20-10-12-23(13-11-20)34-22-8-3-2-4-9-22/h2-13,16H,14-15,17H2,1H3,(H,27,30)(H,28,31). The Bertz CT molecular complexity index is 1160. The van der Waals surface area contributed by atoms with Crippen LogP contribution >= 0.6 is 0 Å². The van der Waals surface area contributed by atoms with E-state index in [-0.39, 0.29) is 24.5 Å². The number of amides is 2. The molecule has 0 atom stereocenters. The average molecular weight is 460 g/mol. The van der Waals surface area contributed by atoms with Crippen molar-refractivity contribution < 1.29 is 28.7 Å². The molecular weight excluding hydrogens is 436 g/mol. The Hall–Kier alpha value is -4.46. The van der Waals surface area contributed by atoms with Gasteiger partial charge in [0.2, 0.25) is 5.91 Å². The molecule has 3 rings (SSSR count). The van der Waals surface area contributed by atoms with E-state index < -0.39 is 18.5 Å². The molecule has 174 valence electrons. The lowest BCUT2D eigenvalue weighted by Crippen LogP contribution is -2.22. The van der Waals surface area contributed by atoms with E-state index in [1.54, 1.807) is 42.5 Å². The summed E-state index contributed by atoms with van der Waals surface area (Å²) >= 11 is 0. The van der Waals surface area contributed by atoms with Crippen LogP contribution in [-0.2, 0) is 19.1 Å². The molecular formula is C26H24N2O6. The fourth-order valence-electron chi connectivity index (χ4n) is 2.90. The molecule has 0 aliphatic carbocycles. The molecule has 0 saturated heterocycles. The number of ether oxygens (including phenoxy) is 2. The van der Waals surface area contributed by atoms with E-state index >= 15 is 0 Å². The zero-order chi connectivity index (χ0) is 24.3. The van der Waals surface area contributed by atoms with E-state index in [9.17, 15) is 19.2 Å². The van der Waals surface area contributed by atoms with Crippen molar-refractivity contribution in [1.29, 1.82) is 0 Å². The lowest BCUT2D eigenvalue weighted by atomic mass is 10.1. The maximum absolute atomic E-state index is 12.1. The monoisotopic (exact) mass is 460 g/mol. The molecule has 3 aromatic rings. The Labute approximate surface area is 196 Å². The maximum Gasteiger partial charge on any atom is 0.306 e. The first-order valence-electron chi connectivity index (χ1n) is 10.6. The number of hydrogen-bond donors (Lipinski definition) is 2. The third-order valence-corrected chi connectivity index (χ3v) is 4.59.